The third-order valence-electron chi connectivity index (χ3n) is 3.01. The third kappa shape index (κ3) is 3.77. The van der Waals surface area contributed by atoms with Gasteiger partial charge in [0.25, 0.3) is 0 Å². The Bertz CT molecular complexity index is 373. The monoisotopic (exact) mass is 248 g/mol. The molecule has 1 aliphatic heterocycles. The van der Waals surface area contributed by atoms with E-state index in [9.17, 15) is 0 Å². The first-order valence-corrected chi connectivity index (χ1v) is 7.22. The van der Waals surface area contributed by atoms with Gasteiger partial charge in [0.15, 0.2) is 5.17 Å². The van der Waals surface area contributed by atoms with E-state index in [1.54, 1.807) is 0 Å². The molecule has 17 heavy (non-hydrogen) atoms. The van der Waals surface area contributed by atoms with Crippen molar-refractivity contribution in [1.29, 1.82) is 0 Å². The highest BCUT2D eigenvalue weighted by atomic mass is 32.2. The Morgan fingerprint density at radius 2 is 2.12 bits per heavy atom. The molecule has 2 rings (SSSR count). The second-order valence-electron chi connectivity index (χ2n) is 4.73. The summed E-state index contributed by atoms with van der Waals surface area (Å²) in [6.45, 7) is 5.39. The Kier molecular flexibility index (Phi) is 4.49. The summed E-state index contributed by atoms with van der Waals surface area (Å²) in [6.07, 6.45) is 1.03. The molecule has 1 aliphatic rings. The van der Waals surface area contributed by atoms with Crippen LogP contribution in [0.25, 0.3) is 0 Å². The van der Waals surface area contributed by atoms with Crippen LogP contribution in [0.3, 0.4) is 0 Å². The first-order chi connectivity index (χ1) is 8.25. The Morgan fingerprint density at radius 1 is 1.35 bits per heavy atom. The zero-order chi connectivity index (χ0) is 12.1. The molecule has 1 unspecified atom stereocenters. The smallest absolute Gasteiger partial charge is 0.156 e. The minimum absolute atomic E-state index is 0.593. The first-order valence-electron chi connectivity index (χ1n) is 6.23. The molecule has 0 saturated carbocycles. The van der Waals surface area contributed by atoms with Crippen molar-refractivity contribution in [2.24, 2.45) is 10.9 Å². The molecule has 0 radical (unpaired) electrons. The van der Waals surface area contributed by atoms with Gasteiger partial charge in [0.1, 0.15) is 0 Å². The molecule has 1 aromatic carbocycles. The van der Waals surface area contributed by atoms with Crippen LogP contribution in [0, 0.1) is 5.92 Å². The Balaban J connectivity index is 1.79. The molecule has 1 aromatic rings. The molecule has 92 valence electrons. The molecule has 1 fully saturated rings. The van der Waals surface area contributed by atoms with Gasteiger partial charge in [-0.05, 0) is 17.9 Å². The number of aliphatic imine (C=N–C) groups is 1. The summed E-state index contributed by atoms with van der Waals surface area (Å²) in [5.74, 6) is 1.84. The summed E-state index contributed by atoms with van der Waals surface area (Å²) in [5, 5.41) is 4.61. The number of nitrogens with zero attached hydrogens (tertiary/aromatic N) is 1. The van der Waals surface area contributed by atoms with Gasteiger partial charge in [0.05, 0.1) is 0 Å². The molecule has 1 atom stereocenters. The lowest BCUT2D eigenvalue weighted by atomic mass is 10.1. The van der Waals surface area contributed by atoms with Crippen molar-refractivity contribution in [3.63, 3.8) is 0 Å². The summed E-state index contributed by atoms with van der Waals surface area (Å²) in [6, 6.07) is 11.1. The van der Waals surface area contributed by atoms with Crippen molar-refractivity contribution in [3.8, 4) is 0 Å². The maximum Gasteiger partial charge on any atom is 0.156 e. The predicted molar refractivity (Wildman–Crippen MR) is 76.7 cm³/mol. The maximum absolute atomic E-state index is 4.62. The summed E-state index contributed by atoms with van der Waals surface area (Å²) in [4.78, 5) is 4.62. The van der Waals surface area contributed by atoms with E-state index in [2.05, 4.69) is 54.5 Å². The minimum Gasteiger partial charge on any atom is -0.361 e. The standard InChI is InChI=1S/C14H20N2S/c1-11(2)13-10-17-14(16-13)15-9-8-12-6-4-3-5-7-12/h3-7,11,13H,8-10H2,1-2H3,(H,15,16). The second kappa shape index (κ2) is 6.10. The van der Waals surface area contributed by atoms with Crippen LogP contribution in [0.2, 0.25) is 0 Å². The topological polar surface area (TPSA) is 24.4 Å². The van der Waals surface area contributed by atoms with E-state index < -0.39 is 0 Å². The quantitative estimate of drug-likeness (QED) is 0.886. The van der Waals surface area contributed by atoms with Gasteiger partial charge in [-0.15, -0.1) is 0 Å². The average Bonchev–Trinajstić information content (AvgIpc) is 2.79. The highest BCUT2D eigenvalue weighted by Crippen LogP contribution is 2.18. The van der Waals surface area contributed by atoms with E-state index in [4.69, 9.17) is 0 Å². The van der Waals surface area contributed by atoms with E-state index in [1.165, 1.54) is 5.56 Å². The molecule has 0 spiro atoms. The van der Waals surface area contributed by atoms with Crippen LogP contribution in [-0.4, -0.2) is 23.5 Å². The van der Waals surface area contributed by atoms with Crippen molar-refractivity contribution in [2.75, 3.05) is 12.3 Å². The van der Waals surface area contributed by atoms with Crippen molar-refractivity contribution in [1.82, 2.24) is 5.32 Å². The number of hydrogen-bond donors (Lipinski definition) is 1. The van der Waals surface area contributed by atoms with E-state index in [0.29, 0.717) is 12.0 Å². The number of hydrogen-bond acceptors (Lipinski definition) is 2. The molecular weight excluding hydrogens is 228 g/mol. The van der Waals surface area contributed by atoms with Crippen molar-refractivity contribution in [2.45, 2.75) is 26.3 Å². The van der Waals surface area contributed by atoms with E-state index in [-0.39, 0.29) is 0 Å². The highest BCUT2D eigenvalue weighted by Gasteiger charge is 2.22. The summed E-state index contributed by atoms with van der Waals surface area (Å²) >= 11 is 1.85. The molecule has 1 heterocycles. The molecule has 1 saturated heterocycles. The van der Waals surface area contributed by atoms with Crippen molar-refractivity contribution < 1.29 is 0 Å². The van der Waals surface area contributed by atoms with Gasteiger partial charge in [0, 0.05) is 18.3 Å². The highest BCUT2D eigenvalue weighted by molar-refractivity contribution is 8.14. The van der Waals surface area contributed by atoms with Gasteiger partial charge in [-0.25, -0.2) is 0 Å². The lowest BCUT2D eigenvalue weighted by Gasteiger charge is -2.13. The fourth-order valence-electron chi connectivity index (χ4n) is 1.79. The molecular formula is C14H20N2S. The van der Waals surface area contributed by atoms with Crippen LogP contribution < -0.4 is 5.32 Å². The number of amidine groups is 1. The van der Waals surface area contributed by atoms with Crippen molar-refractivity contribution >= 4 is 16.9 Å². The van der Waals surface area contributed by atoms with E-state index >= 15 is 0 Å². The molecule has 3 heteroatoms. The fourth-order valence-corrected chi connectivity index (χ4v) is 3.02. The number of thioether (sulfide) groups is 1. The van der Waals surface area contributed by atoms with Crippen LogP contribution in [-0.2, 0) is 6.42 Å². The van der Waals surface area contributed by atoms with Gasteiger partial charge in [-0.1, -0.05) is 55.9 Å². The fraction of sp³-hybridized carbons (Fsp3) is 0.500. The summed E-state index contributed by atoms with van der Waals surface area (Å²) in [7, 11) is 0. The maximum atomic E-state index is 4.62. The summed E-state index contributed by atoms with van der Waals surface area (Å²) < 4.78 is 0. The van der Waals surface area contributed by atoms with E-state index in [0.717, 1.165) is 23.9 Å². The molecule has 0 amide bonds. The predicted octanol–water partition coefficient (Wildman–Crippen LogP) is 2.95. The van der Waals surface area contributed by atoms with Crippen LogP contribution in [0.1, 0.15) is 19.4 Å². The molecule has 0 aliphatic carbocycles. The summed E-state index contributed by atoms with van der Waals surface area (Å²) in [5.41, 5.74) is 1.36. The van der Waals surface area contributed by atoms with Gasteiger partial charge >= 0.3 is 0 Å². The van der Waals surface area contributed by atoms with Crippen LogP contribution in [0.5, 0.6) is 0 Å². The molecule has 1 N–H and O–H groups in total. The average molecular weight is 248 g/mol. The molecule has 0 aromatic heterocycles. The Labute approximate surface area is 108 Å². The van der Waals surface area contributed by atoms with Crippen LogP contribution in [0.4, 0.5) is 0 Å². The largest absolute Gasteiger partial charge is 0.361 e. The SMILES string of the molecule is CC(C)C1CSC(=NCCc2ccccc2)N1. The lowest BCUT2D eigenvalue weighted by molar-refractivity contribution is 0.503. The Hall–Kier alpha value is -0.960. The molecule has 0 bridgehead atoms. The van der Waals surface area contributed by atoms with Gasteiger partial charge in [-0.2, -0.15) is 0 Å². The Morgan fingerprint density at radius 3 is 2.76 bits per heavy atom. The molecule has 2 nitrogen and oxygen atoms in total. The minimum atomic E-state index is 0.593. The normalized spacial score (nSPS) is 22.1. The van der Waals surface area contributed by atoms with Gasteiger partial charge in [0.2, 0.25) is 0 Å². The zero-order valence-corrected chi connectivity index (χ0v) is 11.3. The number of nitrogens with one attached hydrogen (secondary N) is 1. The first kappa shape index (κ1) is 12.5. The third-order valence-corrected chi connectivity index (χ3v) is 4.06. The zero-order valence-electron chi connectivity index (χ0n) is 10.5. The van der Waals surface area contributed by atoms with Gasteiger partial charge in [-0.3, -0.25) is 4.99 Å². The van der Waals surface area contributed by atoms with Crippen molar-refractivity contribution in [3.05, 3.63) is 35.9 Å². The van der Waals surface area contributed by atoms with Gasteiger partial charge < -0.3 is 5.32 Å². The van der Waals surface area contributed by atoms with Crippen LogP contribution >= 0.6 is 11.8 Å². The second-order valence-corrected chi connectivity index (χ2v) is 5.74. The number of benzene rings is 1. The van der Waals surface area contributed by atoms with Crippen LogP contribution in [0.15, 0.2) is 35.3 Å². The van der Waals surface area contributed by atoms with E-state index in [1.807, 2.05) is 11.8 Å². The lowest BCUT2D eigenvalue weighted by Crippen LogP contribution is -2.31. The number of rotatable bonds is 4.